The van der Waals surface area contributed by atoms with E-state index in [1.165, 1.54) is 11.0 Å². The van der Waals surface area contributed by atoms with E-state index in [9.17, 15) is 4.79 Å². The number of H-pyrrole nitrogens is 1. The molecule has 0 radical (unpaired) electrons. The van der Waals surface area contributed by atoms with Crippen molar-refractivity contribution < 1.29 is 0 Å². The zero-order valence-corrected chi connectivity index (χ0v) is 6.08. The second kappa shape index (κ2) is 3.62. The normalized spacial score (nSPS) is 9.36. The molecule has 1 N–H and O–H groups in total. The Kier molecular flexibility index (Phi) is 2.50. The fraction of sp³-hybridized carbons (Fsp3) is 0.429. The molecular weight excluding hydrogens is 142 g/mol. The van der Waals surface area contributed by atoms with Crippen LogP contribution in [0.3, 0.4) is 0 Å². The zero-order chi connectivity index (χ0) is 8.10. The first-order valence-corrected chi connectivity index (χ1v) is 3.38. The van der Waals surface area contributed by atoms with Crippen LogP contribution in [0.25, 0.3) is 0 Å². The number of terminal acetylenes is 1. The molecule has 0 saturated heterocycles. The Morgan fingerprint density at radius 1 is 1.82 bits per heavy atom. The van der Waals surface area contributed by atoms with Crippen molar-refractivity contribution in [1.29, 1.82) is 0 Å². The van der Waals surface area contributed by atoms with Crippen molar-refractivity contribution in [2.75, 3.05) is 0 Å². The summed E-state index contributed by atoms with van der Waals surface area (Å²) < 4.78 is 1.36. The van der Waals surface area contributed by atoms with Crippen LogP contribution in [0.1, 0.15) is 12.8 Å². The number of nitrogens with one attached hydrogen (secondary N) is 1. The van der Waals surface area contributed by atoms with Crippen molar-refractivity contribution in [3.05, 3.63) is 16.8 Å². The summed E-state index contributed by atoms with van der Waals surface area (Å²) in [5, 5.41) is 3.77. The Labute approximate surface area is 64.2 Å². The molecule has 0 spiro atoms. The van der Waals surface area contributed by atoms with Crippen LogP contribution in [0, 0.1) is 12.3 Å². The van der Waals surface area contributed by atoms with Gasteiger partial charge in [-0.1, -0.05) is 0 Å². The van der Waals surface area contributed by atoms with E-state index in [1.807, 2.05) is 0 Å². The van der Waals surface area contributed by atoms with E-state index in [0.717, 1.165) is 6.42 Å². The van der Waals surface area contributed by atoms with Gasteiger partial charge in [0.1, 0.15) is 6.33 Å². The molecule has 0 amide bonds. The summed E-state index contributed by atoms with van der Waals surface area (Å²) in [5.74, 6) is 2.50. The average Bonchev–Trinajstić information content (AvgIpc) is 2.37. The first-order chi connectivity index (χ1) is 5.34. The molecule has 0 unspecified atom stereocenters. The third kappa shape index (κ3) is 1.97. The van der Waals surface area contributed by atoms with Crippen LogP contribution in [-0.4, -0.2) is 14.8 Å². The highest BCUT2D eigenvalue weighted by Crippen LogP contribution is 1.87. The minimum absolute atomic E-state index is 0.179. The molecule has 0 saturated carbocycles. The van der Waals surface area contributed by atoms with Gasteiger partial charge >= 0.3 is 5.69 Å². The van der Waals surface area contributed by atoms with Gasteiger partial charge in [-0.05, 0) is 6.42 Å². The number of aromatic nitrogens is 3. The third-order valence-corrected chi connectivity index (χ3v) is 1.31. The summed E-state index contributed by atoms with van der Waals surface area (Å²) in [6.45, 7) is 0.590. The lowest BCUT2D eigenvalue weighted by atomic mass is 10.3. The van der Waals surface area contributed by atoms with Gasteiger partial charge in [-0.3, -0.25) is 4.98 Å². The maximum absolute atomic E-state index is 10.8. The molecule has 0 aromatic carbocycles. The predicted octanol–water partition coefficient (Wildman–Crippen LogP) is -0.0152. The Hall–Kier alpha value is -1.50. The van der Waals surface area contributed by atoms with E-state index in [4.69, 9.17) is 6.42 Å². The van der Waals surface area contributed by atoms with Crippen molar-refractivity contribution in [2.45, 2.75) is 19.4 Å². The Morgan fingerprint density at radius 3 is 3.18 bits per heavy atom. The second-order valence-corrected chi connectivity index (χ2v) is 2.12. The number of nitrogens with zero attached hydrogens (tertiary/aromatic N) is 2. The smallest absolute Gasteiger partial charge is 0.295 e. The fourth-order valence-corrected chi connectivity index (χ4v) is 0.771. The number of hydrogen-bond donors (Lipinski definition) is 1. The van der Waals surface area contributed by atoms with Crippen LogP contribution in [0.15, 0.2) is 11.1 Å². The van der Waals surface area contributed by atoms with Crippen LogP contribution in [0.2, 0.25) is 0 Å². The maximum Gasteiger partial charge on any atom is 0.343 e. The molecule has 4 heteroatoms. The number of rotatable bonds is 3. The summed E-state index contributed by atoms with van der Waals surface area (Å²) in [6.07, 6.45) is 7.89. The van der Waals surface area contributed by atoms with Crippen molar-refractivity contribution in [2.24, 2.45) is 0 Å². The summed E-state index contributed by atoms with van der Waals surface area (Å²) in [7, 11) is 0. The lowest BCUT2D eigenvalue weighted by Gasteiger charge is -1.93. The summed E-state index contributed by atoms with van der Waals surface area (Å²) in [5.41, 5.74) is -0.179. The van der Waals surface area contributed by atoms with Crippen molar-refractivity contribution in [1.82, 2.24) is 14.8 Å². The molecule has 1 rings (SSSR count). The Bertz CT molecular complexity index is 304. The predicted molar refractivity (Wildman–Crippen MR) is 40.9 cm³/mol. The SMILES string of the molecule is C#CCCCn1nc[nH]c1=O. The third-order valence-electron chi connectivity index (χ3n) is 1.31. The number of hydrogen-bond acceptors (Lipinski definition) is 2. The zero-order valence-electron chi connectivity index (χ0n) is 6.08. The Balaban J connectivity index is 2.46. The van der Waals surface area contributed by atoms with Gasteiger partial charge in [-0.15, -0.1) is 12.3 Å². The molecule has 0 bridgehead atoms. The minimum atomic E-state index is -0.179. The monoisotopic (exact) mass is 151 g/mol. The molecule has 0 atom stereocenters. The minimum Gasteiger partial charge on any atom is -0.295 e. The van der Waals surface area contributed by atoms with Crippen LogP contribution in [-0.2, 0) is 6.54 Å². The van der Waals surface area contributed by atoms with Gasteiger partial charge in [0.15, 0.2) is 0 Å². The average molecular weight is 151 g/mol. The highest BCUT2D eigenvalue weighted by atomic mass is 16.1. The van der Waals surface area contributed by atoms with E-state index in [2.05, 4.69) is 16.0 Å². The van der Waals surface area contributed by atoms with Crippen molar-refractivity contribution in [3.8, 4) is 12.3 Å². The largest absolute Gasteiger partial charge is 0.343 e. The second-order valence-electron chi connectivity index (χ2n) is 2.12. The molecule has 4 nitrogen and oxygen atoms in total. The van der Waals surface area contributed by atoms with Gasteiger partial charge < -0.3 is 0 Å². The summed E-state index contributed by atoms with van der Waals surface area (Å²) in [6, 6.07) is 0. The quantitative estimate of drug-likeness (QED) is 0.487. The van der Waals surface area contributed by atoms with Gasteiger partial charge in [0.25, 0.3) is 0 Å². The van der Waals surface area contributed by atoms with E-state index in [-0.39, 0.29) is 5.69 Å². The Morgan fingerprint density at radius 2 is 2.64 bits per heavy atom. The lowest BCUT2D eigenvalue weighted by Crippen LogP contribution is -2.17. The van der Waals surface area contributed by atoms with E-state index >= 15 is 0 Å². The number of unbranched alkanes of at least 4 members (excludes halogenated alkanes) is 1. The number of aryl methyl sites for hydroxylation is 1. The van der Waals surface area contributed by atoms with Crippen molar-refractivity contribution >= 4 is 0 Å². The molecule has 1 aromatic rings. The van der Waals surface area contributed by atoms with Gasteiger partial charge in [-0.25, -0.2) is 9.48 Å². The molecule has 11 heavy (non-hydrogen) atoms. The molecular formula is C7H9N3O. The molecule has 1 aromatic heterocycles. The highest BCUT2D eigenvalue weighted by Gasteiger charge is 1.94. The van der Waals surface area contributed by atoms with E-state index < -0.39 is 0 Å². The van der Waals surface area contributed by atoms with Gasteiger partial charge in [-0.2, -0.15) is 5.10 Å². The first kappa shape index (κ1) is 7.61. The van der Waals surface area contributed by atoms with Gasteiger partial charge in [0, 0.05) is 13.0 Å². The molecule has 0 fully saturated rings. The molecule has 0 aliphatic carbocycles. The van der Waals surface area contributed by atoms with E-state index in [1.54, 1.807) is 0 Å². The highest BCUT2D eigenvalue weighted by molar-refractivity contribution is 4.82. The standard InChI is InChI=1S/C7H9N3O/c1-2-3-4-5-10-7(11)8-6-9-10/h1,6H,3-5H2,(H,8,9,11). The van der Waals surface area contributed by atoms with Crippen LogP contribution >= 0.6 is 0 Å². The van der Waals surface area contributed by atoms with E-state index in [0.29, 0.717) is 13.0 Å². The molecule has 0 aliphatic heterocycles. The summed E-state index contributed by atoms with van der Waals surface area (Å²) in [4.78, 5) is 13.2. The lowest BCUT2D eigenvalue weighted by molar-refractivity contribution is 0.568. The van der Waals surface area contributed by atoms with Gasteiger partial charge in [0.05, 0.1) is 0 Å². The number of aromatic amines is 1. The summed E-state index contributed by atoms with van der Waals surface area (Å²) >= 11 is 0. The topological polar surface area (TPSA) is 50.7 Å². The molecule has 0 aliphatic rings. The van der Waals surface area contributed by atoms with Crippen LogP contribution in [0.4, 0.5) is 0 Å². The van der Waals surface area contributed by atoms with Crippen molar-refractivity contribution in [3.63, 3.8) is 0 Å². The fourth-order valence-electron chi connectivity index (χ4n) is 0.771. The van der Waals surface area contributed by atoms with Gasteiger partial charge in [0.2, 0.25) is 0 Å². The maximum atomic E-state index is 10.8. The van der Waals surface area contributed by atoms with Crippen LogP contribution in [0.5, 0.6) is 0 Å². The first-order valence-electron chi connectivity index (χ1n) is 3.38. The molecule has 58 valence electrons. The molecule has 1 heterocycles. The van der Waals surface area contributed by atoms with Crippen LogP contribution < -0.4 is 5.69 Å².